The monoisotopic (exact) mass is 230 g/mol. The van der Waals surface area contributed by atoms with Crippen LogP contribution in [0.15, 0.2) is 42.5 Å². The van der Waals surface area contributed by atoms with Gasteiger partial charge in [0.1, 0.15) is 12.4 Å². The van der Waals surface area contributed by atoms with Crippen molar-refractivity contribution in [2.24, 2.45) is 0 Å². The Balaban J connectivity index is 0.000000686. The average molecular weight is 230 g/mol. The van der Waals surface area contributed by atoms with E-state index in [0.29, 0.717) is 0 Å². The number of hydrogen-bond acceptors (Lipinski definition) is 2. The van der Waals surface area contributed by atoms with Crippen molar-refractivity contribution in [3.05, 3.63) is 42.5 Å². The van der Waals surface area contributed by atoms with Gasteiger partial charge in [-0.15, -0.1) is 0 Å². The van der Waals surface area contributed by atoms with Crippen LogP contribution in [0.5, 0.6) is 5.75 Å². The van der Waals surface area contributed by atoms with Gasteiger partial charge in [0.05, 0.1) is 0 Å². The lowest BCUT2D eigenvalue weighted by atomic mass is 10.1. The highest BCUT2D eigenvalue weighted by molar-refractivity contribution is 5.88. The maximum Gasteiger partial charge on any atom is 0.167 e. The second-order valence-electron chi connectivity index (χ2n) is 3.47. The fourth-order valence-corrected chi connectivity index (χ4v) is 1.50. The fraction of sp³-hybridized carbons (Fsp3) is 0.267. The first-order valence-corrected chi connectivity index (χ1v) is 5.87. The van der Waals surface area contributed by atoms with Gasteiger partial charge in [-0.3, -0.25) is 4.79 Å². The summed E-state index contributed by atoms with van der Waals surface area (Å²) in [5.41, 5.74) is 0. The van der Waals surface area contributed by atoms with Crippen LogP contribution < -0.4 is 4.74 Å². The summed E-state index contributed by atoms with van der Waals surface area (Å²) in [4.78, 5) is 10.8. The van der Waals surface area contributed by atoms with Gasteiger partial charge in [-0.2, -0.15) is 0 Å². The molecule has 0 saturated heterocycles. The minimum Gasteiger partial charge on any atom is -0.485 e. The molecule has 0 saturated carbocycles. The average Bonchev–Trinajstić information content (AvgIpc) is 2.38. The molecule has 0 N–H and O–H groups in total. The van der Waals surface area contributed by atoms with Crippen LogP contribution in [0.3, 0.4) is 0 Å². The van der Waals surface area contributed by atoms with Crippen molar-refractivity contribution >= 4 is 16.6 Å². The molecule has 0 amide bonds. The van der Waals surface area contributed by atoms with Crippen molar-refractivity contribution in [1.29, 1.82) is 0 Å². The standard InChI is InChI=1S/C13H12O2.C2H6/c1-10(14)9-15-13-8-4-6-11-5-2-3-7-12(11)13;1-2/h2-8H,9H2,1H3;1-2H3. The van der Waals surface area contributed by atoms with E-state index in [0.717, 1.165) is 16.5 Å². The molecule has 90 valence electrons. The lowest BCUT2D eigenvalue weighted by Gasteiger charge is -2.07. The van der Waals surface area contributed by atoms with E-state index in [1.807, 2.05) is 56.3 Å². The van der Waals surface area contributed by atoms with Crippen LogP contribution in [0.25, 0.3) is 10.8 Å². The number of fused-ring (bicyclic) bond motifs is 1. The van der Waals surface area contributed by atoms with E-state index in [2.05, 4.69) is 0 Å². The third kappa shape index (κ3) is 3.59. The van der Waals surface area contributed by atoms with Crippen LogP contribution in [-0.2, 0) is 4.79 Å². The molecule has 2 nitrogen and oxygen atoms in total. The van der Waals surface area contributed by atoms with Crippen molar-refractivity contribution in [2.75, 3.05) is 6.61 Å². The Kier molecular flexibility index (Phi) is 5.21. The normalized spacial score (nSPS) is 9.35. The van der Waals surface area contributed by atoms with Gasteiger partial charge < -0.3 is 4.74 Å². The van der Waals surface area contributed by atoms with Crippen LogP contribution in [0.4, 0.5) is 0 Å². The Morgan fingerprint density at radius 1 is 1.06 bits per heavy atom. The van der Waals surface area contributed by atoms with Gasteiger partial charge in [-0.25, -0.2) is 0 Å². The first-order valence-electron chi connectivity index (χ1n) is 5.87. The smallest absolute Gasteiger partial charge is 0.167 e. The zero-order chi connectivity index (χ0) is 12.7. The van der Waals surface area contributed by atoms with Crippen molar-refractivity contribution < 1.29 is 9.53 Å². The van der Waals surface area contributed by atoms with E-state index < -0.39 is 0 Å². The second-order valence-corrected chi connectivity index (χ2v) is 3.47. The molecule has 2 heteroatoms. The molecule has 0 atom stereocenters. The number of carbonyl (C=O) groups is 1. The third-order valence-corrected chi connectivity index (χ3v) is 2.18. The molecular formula is C15H18O2. The maximum absolute atomic E-state index is 10.8. The van der Waals surface area contributed by atoms with Gasteiger partial charge in [0.2, 0.25) is 0 Å². The van der Waals surface area contributed by atoms with Gasteiger partial charge in [0.15, 0.2) is 5.78 Å². The largest absolute Gasteiger partial charge is 0.485 e. The molecule has 0 fully saturated rings. The summed E-state index contributed by atoms with van der Waals surface area (Å²) in [6.07, 6.45) is 0. The third-order valence-electron chi connectivity index (χ3n) is 2.18. The molecule has 2 aromatic carbocycles. The number of hydrogen-bond donors (Lipinski definition) is 0. The van der Waals surface area contributed by atoms with Gasteiger partial charge in [-0.05, 0) is 18.4 Å². The van der Waals surface area contributed by atoms with E-state index in [-0.39, 0.29) is 12.4 Å². The van der Waals surface area contributed by atoms with Crippen LogP contribution in [-0.4, -0.2) is 12.4 Å². The van der Waals surface area contributed by atoms with E-state index >= 15 is 0 Å². The molecule has 0 spiro atoms. The van der Waals surface area contributed by atoms with Crippen LogP contribution in [0.1, 0.15) is 20.8 Å². The van der Waals surface area contributed by atoms with Crippen molar-refractivity contribution in [1.82, 2.24) is 0 Å². The molecule has 0 aliphatic carbocycles. The quantitative estimate of drug-likeness (QED) is 0.801. The van der Waals surface area contributed by atoms with Crippen molar-refractivity contribution in [2.45, 2.75) is 20.8 Å². The minimum atomic E-state index is 0.0305. The Bertz CT molecular complexity index is 484. The molecule has 0 radical (unpaired) electrons. The van der Waals surface area contributed by atoms with Crippen LogP contribution in [0, 0.1) is 0 Å². The van der Waals surface area contributed by atoms with Gasteiger partial charge in [0, 0.05) is 5.39 Å². The van der Waals surface area contributed by atoms with Crippen molar-refractivity contribution in [3.63, 3.8) is 0 Å². The lowest BCUT2D eigenvalue weighted by Crippen LogP contribution is -2.06. The Morgan fingerprint density at radius 3 is 2.41 bits per heavy atom. The zero-order valence-electron chi connectivity index (χ0n) is 10.6. The highest BCUT2D eigenvalue weighted by Crippen LogP contribution is 2.24. The predicted octanol–water partition coefficient (Wildman–Crippen LogP) is 3.83. The maximum atomic E-state index is 10.8. The molecule has 0 unspecified atom stereocenters. The van der Waals surface area contributed by atoms with Crippen LogP contribution >= 0.6 is 0 Å². The van der Waals surface area contributed by atoms with E-state index in [1.165, 1.54) is 6.92 Å². The lowest BCUT2D eigenvalue weighted by molar-refractivity contribution is -0.118. The predicted molar refractivity (Wildman–Crippen MR) is 71.5 cm³/mol. The summed E-state index contributed by atoms with van der Waals surface area (Å²) in [5.74, 6) is 0.797. The molecule has 0 heterocycles. The fourth-order valence-electron chi connectivity index (χ4n) is 1.50. The van der Waals surface area contributed by atoms with Crippen LogP contribution in [0.2, 0.25) is 0 Å². The number of rotatable bonds is 3. The number of carbonyl (C=O) groups excluding carboxylic acids is 1. The first-order chi connectivity index (χ1) is 8.27. The molecule has 0 aliphatic heterocycles. The molecule has 2 aromatic rings. The summed E-state index contributed by atoms with van der Waals surface area (Å²) in [5, 5.41) is 2.17. The number of benzene rings is 2. The number of Topliss-reactive ketones (excluding diaryl/α,β-unsaturated/α-hetero) is 1. The van der Waals surface area contributed by atoms with E-state index in [1.54, 1.807) is 0 Å². The Morgan fingerprint density at radius 2 is 1.71 bits per heavy atom. The summed E-state index contributed by atoms with van der Waals surface area (Å²) in [6.45, 7) is 5.65. The molecule has 0 aliphatic rings. The number of ether oxygens (including phenoxy) is 1. The summed E-state index contributed by atoms with van der Waals surface area (Å²) >= 11 is 0. The molecular weight excluding hydrogens is 212 g/mol. The second kappa shape index (κ2) is 6.69. The van der Waals surface area contributed by atoms with Gasteiger partial charge in [-0.1, -0.05) is 50.2 Å². The highest BCUT2D eigenvalue weighted by atomic mass is 16.5. The molecule has 2 rings (SSSR count). The Labute approximate surface area is 102 Å². The summed E-state index contributed by atoms with van der Waals surface area (Å²) in [7, 11) is 0. The van der Waals surface area contributed by atoms with E-state index in [9.17, 15) is 4.79 Å². The minimum absolute atomic E-state index is 0.0305. The summed E-state index contributed by atoms with van der Waals surface area (Å²) in [6, 6.07) is 13.8. The molecule has 17 heavy (non-hydrogen) atoms. The number of ketones is 1. The topological polar surface area (TPSA) is 26.3 Å². The zero-order valence-corrected chi connectivity index (χ0v) is 10.6. The van der Waals surface area contributed by atoms with E-state index in [4.69, 9.17) is 4.74 Å². The highest BCUT2D eigenvalue weighted by Gasteiger charge is 2.01. The SMILES string of the molecule is CC.CC(=O)COc1cccc2ccccc12. The van der Waals surface area contributed by atoms with Crippen molar-refractivity contribution in [3.8, 4) is 5.75 Å². The molecule has 0 bridgehead atoms. The van der Waals surface area contributed by atoms with Gasteiger partial charge in [0.25, 0.3) is 0 Å². The molecule has 0 aromatic heterocycles. The first kappa shape index (κ1) is 13.2. The Hall–Kier alpha value is -1.83. The van der Waals surface area contributed by atoms with Gasteiger partial charge >= 0.3 is 0 Å². The summed E-state index contributed by atoms with van der Waals surface area (Å²) < 4.78 is 5.43.